The molecule has 7 nitrogen and oxygen atoms in total. The SMILES string of the molecule is CCc1ccccc1N(CC(=O)N(Cc1ccccc1F)[C@H](C)C(=O)N[C@@H](C)CC)S(=O)(=O)c1ccccc1. The number of carbonyl (C=O) groups excluding carboxylic acids is 2. The number of hydrogen-bond donors (Lipinski definition) is 1. The van der Waals surface area contributed by atoms with Crippen molar-refractivity contribution >= 4 is 27.5 Å². The predicted octanol–water partition coefficient (Wildman–Crippen LogP) is 4.92. The van der Waals surface area contributed by atoms with Crippen LogP contribution in [0.1, 0.15) is 45.2 Å². The third-order valence-corrected chi connectivity index (χ3v) is 8.49. The standard InChI is InChI=1S/C30H36FN3O4S/c1-5-22(3)32-30(36)23(4)33(20-25-15-10-12-18-27(25)31)29(35)21-34(28-19-13-11-14-24(28)6-2)39(37,38)26-16-8-7-9-17-26/h7-19,22-23H,5-6,20-21H2,1-4H3,(H,32,36)/t22-,23+/m0/s1. The lowest BCUT2D eigenvalue weighted by Crippen LogP contribution is -2.52. The van der Waals surface area contributed by atoms with Gasteiger partial charge in [-0.2, -0.15) is 0 Å². The van der Waals surface area contributed by atoms with E-state index in [0.717, 1.165) is 9.87 Å². The molecule has 9 heteroatoms. The van der Waals surface area contributed by atoms with Gasteiger partial charge in [-0.1, -0.05) is 68.4 Å². The second-order valence-electron chi connectivity index (χ2n) is 9.41. The van der Waals surface area contributed by atoms with Crippen LogP contribution in [0.2, 0.25) is 0 Å². The maximum Gasteiger partial charge on any atom is 0.264 e. The van der Waals surface area contributed by atoms with Gasteiger partial charge in [-0.25, -0.2) is 12.8 Å². The lowest BCUT2D eigenvalue weighted by Gasteiger charge is -2.33. The molecule has 0 fully saturated rings. The van der Waals surface area contributed by atoms with E-state index in [9.17, 15) is 22.4 Å². The fraction of sp³-hybridized carbons (Fsp3) is 0.333. The van der Waals surface area contributed by atoms with Crippen molar-refractivity contribution < 1.29 is 22.4 Å². The number of carbonyl (C=O) groups is 2. The normalized spacial score (nSPS) is 12.8. The molecule has 3 aromatic carbocycles. The summed E-state index contributed by atoms with van der Waals surface area (Å²) in [5.41, 5.74) is 1.34. The first kappa shape index (κ1) is 29.8. The summed E-state index contributed by atoms with van der Waals surface area (Å²) < 4.78 is 43.5. The molecule has 39 heavy (non-hydrogen) atoms. The zero-order valence-corrected chi connectivity index (χ0v) is 23.6. The average Bonchev–Trinajstić information content (AvgIpc) is 2.95. The second-order valence-corrected chi connectivity index (χ2v) is 11.3. The smallest absolute Gasteiger partial charge is 0.264 e. The summed E-state index contributed by atoms with van der Waals surface area (Å²) in [5, 5.41) is 2.87. The van der Waals surface area contributed by atoms with Gasteiger partial charge in [-0.05, 0) is 56.5 Å². The molecule has 0 aliphatic carbocycles. The van der Waals surface area contributed by atoms with Crippen molar-refractivity contribution in [3.05, 3.63) is 95.8 Å². The molecule has 0 aliphatic heterocycles. The zero-order chi connectivity index (χ0) is 28.6. The Kier molecular flexibility index (Phi) is 10.2. The average molecular weight is 554 g/mol. The largest absolute Gasteiger partial charge is 0.352 e. The van der Waals surface area contributed by atoms with E-state index in [1.165, 1.54) is 23.1 Å². The number of sulfonamides is 1. The number of benzene rings is 3. The van der Waals surface area contributed by atoms with Crippen molar-refractivity contribution in [2.45, 2.75) is 64.1 Å². The van der Waals surface area contributed by atoms with Gasteiger partial charge in [0.15, 0.2) is 0 Å². The van der Waals surface area contributed by atoms with Crippen LogP contribution < -0.4 is 9.62 Å². The molecule has 3 aromatic rings. The van der Waals surface area contributed by atoms with Gasteiger partial charge in [-0.15, -0.1) is 0 Å². The van der Waals surface area contributed by atoms with Crippen molar-refractivity contribution in [2.75, 3.05) is 10.8 Å². The minimum atomic E-state index is -4.15. The highest BCUT2D eigenvalue weighted by Crippen LogP contribution is 2.28. The van der Waals surface area contributed by atoms with E-state index >= 15 is 0 Å². The van der Waals surface area contributed by atoms with Crippen molar-refractivity contribution in [3.63, 3.8) is 0 Å². The van der Waals surface area contributed by atoms with Crippen LogP contribution in [-0.4, -0.2) is 43.8 Å². The number of nitrogens with one attached hydrogen (secondary N) is 1. The summed E-state index contributed by atoms with van der Waals surface area (Å²) in [5.74, 6) is -1.55. The molecule has 0 saturated heterocycles. The summed E-state index contributed by atoms with van der Waals surface area (Å²) in [6, 6.07) is 19.8. The number of amides is 2. The maximum atomic E-state index is 14.6. The van der Waals surface area contributed by atoms with Gasteiger partial charge >= 0.3 is 0 Å². The molecule has 0 aliphatic rings. The number of hydrogen-bond acceptors (Lipinski definition) is 4. The summed E-state index contributed by atoms with van der Waals surface area (Å²) in [7, 11) is -4.15. The molecule has 2 amide bonds. The zero-order valence-electron chi connectivity index (χ0n) is 22.8. The molecule has 0 bridgehead atoms. The molecule has 0 unspecified atom stereocenters. The van der Waals surface area contributed by atoms with Crippen LogP contribution >= 0.6 is 0 Å². The molecular weight excluding hydrogens is 517 g/mol. The molecule has 2 atom stereocenters. The number of rotatable bonds is 12. The molecule has 0 heterocycles. The Hall–Kier alpha value is -3.72. The van der Waals surface area contributed by atoms with Crippen LogP contribution in [0, 0.1) is 5.82 Å². The lowest BCUT2D eigenvalue weighted by atomic mass is 10.1. The van der Waals surface area contributed by atoms with E-state index in [-0.39, 0.29) is 23.0 Å². The van der Waals surface area contributed by atoms with Crippen molar-refractivity contribution in [1.29, 1.82) is 0 Å². The van der Waals surface area contributed by atoms with Crippen LogP contribution in [0.3, 0.4) is 0 Å². The Morgan fingerprint density at radius 2 is 1.46 bits per heavy atom. The molecule has 1 N–H and O–H groups in total. The van der Waals surface area contributed by atoms with Gasteiger partial charge in [0.1, 0.15) is 18.4 Å². The highest BCUT2D eigenvalue weighted by atomic mass is 32.2. The number of para-hydroxylation sites is 1. The van der Waals surface area contributed by atoms with Gasteiger partial charge in [0.25, 0.3) is 10.0 Å². The second kappa shape index (κ2) is 13.4. The van der Waals surface area contributed by atoms with Crippen LogP contribution in [0.4, 0.5) is 10.1 Å². The highest BCUT2D eigenvalue weighted by molar-refractivity contribution is 7.92. The molecule has 0 spiro atoms. The molecule has 0 radical (unpaired) electrons. The molecule has 208 valence electrons. The van der Waals surface area contributed by atoms with Crippen molar-refractivity contribution in [1.82, 2.24) is 10.2 Å². The van der Waals surface area contributed by atoms with E-state index < -0.39 is 40.2 Å². The fourth-order valence-corrected chi connectivity index (χ4v) is 5.62. The Bertz CT molecular complexity index is 1380. The first-order valence-electron chi connectivity index (χ1n) is 13.1. The molecular formula is C30H36FN3O4S. The monoisotopic (exact) mass is 553 g/mol. The van der Waals surface area contributed by atoms with Crippen LogP contribution in [0.15, 0.2) is 83.8 Å². The van der Waals surface area contributed by atoms with E-state index in [0.29, 0.717) is 18.5 Å². The summed E-state index contributed by atoms with van der Waals surface area (Å²) in [6.07, 6.45) is 1.23. The van der Waals surface area contributed by atoms with Crippen molar-refractivity contribution in [3.8, 4) is 0 Å². The Balaban J connectivity index is 2.06. The summed E-state index contributed by atoms with van der Waals surface area (Å²) in [6.45, 7) is 6.48. The van der Waals surface area contributed by atoms with Gasteiger partial charge in [-0.3, -0.25) is 13.9 Å². The van der Waals surface area contributed by atoms with Crippen LogP contribution in [0.25, 0.3) is 0 Å². The van der Waals surface area contributed by atoms with E-state index in [1.807, 2.05) is 32.9 Å². The number of aryl methyl sites for hydroxylation is 1. The third-order valence-electron chi connectivity index (χ3n) is 6.72. The molecule has 3 rings (SSSR count). The molecule has 0 saturated carbocycles. The fourth-order valence-electron chi connectivity index (χ4n) is 4.14. The van der Waals surface area contributed by atoms with E-state index in [1.54, 1.807) is 55.5 Å². The number of nitrogens with zero attached hydrogens (tertiary/aromatic N) is 2. The highest BCUT2D eigenvalue weighted by Gasteiger charge is 2.33. The predicted molar refractivity (Wildman–Crippen MR) is 151 cm³/mol. The Morgan fingerprint density at radius 3 is 2.08 bits per heavy atom. The summed E-state index contributed by atoms with van der Waals surface area (Å²) >= 11 is 0. The number of halogens is 1. The van der Waals surface area contributed by atoms with Crippen molar-refractivity contribution in [2.24, 2.45) is 0 Å². The van der Waals surface area contributed by atoms with E-state index in [4.69, 9.17) is 0 Å². The molecule has 0 aromatic heterocycles. The Labute approximate surface area is 230 Å². The van der Waals surface area contributed by atoms with Gasteiger partial charge < -0.3 is 10.2 Å². The summed E-state index contributed by atoms with van der Waals surface area (Å²) in [4.78, 5) is 28.3. The quantitative estimate of drug-likeness (QED) is 0.345. The van der Waals surface area contributed by atoms with E-state index in [2.05, 4.69) is 5.32 Å². The first-order chi connectivity index (χ1) is 18.6. The number of anilines is 1. The minimum absolute atomic E-state index is 0.0342. The minimum Gasteiger partial charge on any atom is -0.352 e. The van der Waals surface area contributed by atoms with Gasteiger partial charge in [0.2, 0.25) is 11.8 Å². The first-order valence-corrected chi connectivity index (χ1v) is 14.5. The van der Waals surface area contributed by atoms with Gasteiger partial charge in [0, 0.05) is 18.2 Å². The van der Waals surface area contributed by atoms with Gasteiger partial charge in [0.05, 0.1) is 10.6 Å². The van der Waals surface area contributed by atoms with Crippen LogP contribution in [-0.2, 0) is 32.6 Å². The topological polar surface area (TPSA) is 86.8 Å². The maximum absolute atomic E-state index is 14.6. The third kappa shape index (κ3) is 7.23. The van der Waals surface area contributed by atoms with Crippen LogP contribution in [0.5, 0.6) is 0 Å². The lowest BCUT2D eigenvalue weighted by molar-refractivity contribution is -0.139. The Morgan fingerprint density at radius 1 is 0.872 bits per heavy atom.